The Morgan fingerprint density at radius 3 is 2.39 bits per heavy atom. The minimum Gasteiger partial charge on any atom is -0.508 e. The number of phosphoric acid groups is 1. The monoisotopic (exact) mass is 266 g/mol. The van der Waals surface area contributed by atoms with Crippen molar-refractivity contribution in [3.05, 3.63) is 48.5 Å². The molecule has 0 spiro atoms. The minimum absolute atomic E-state index is 0.0661. The zero-order valence-corrected chi connectivity index (χ0v) is 10.1. The van der Waals surface area contributed by atoms with Gasteiger partial charge in [-0.3, -0.25) is 9.79 Å². The van der Waals surface area contributed by atoms with Crippen LogP contribution in [0, 0.1) is 0 Å². The maximum atomic E-state index is 10.9. The van der Waals surface area contributed by atoms with Crippen molar-refractivity contribution in [3.8, 4) is 22.6 Å². The van der Waals surface area contributed by atoms with Gasteiger partial charge in [0, 0.05) is 5.56 Å². The number of phenols is 1. The summed E-state index contributed by atoms with van der Waals surface area (Å²) in [6, 6.07) is 12.8. The van der Waals surface area contributed by atoms with Crippen LogP contribution in [-0.2, 0) is 4.57 Å². The van der Waals surface area contributed by atoms with Gasteiger partial charge in [-0.1, -0.05) is 30.3 Å². The van der Waals surface area contributed by atoms with Crippen molar-refractivity contribution in [1.29, 1.82) is 0 Å². The predicted octanol–water partition coefficient (Wildman–Crippen LogP) is 2.53. The van der Waals surface area contributed by atoms with Crippen molar-refractivity contribution in [2.45, 2.75) is 0 Å². The van der Waals surface area contributed by atoms with E-state index in [2.05, 4.69) is 4.52 Å². The molecular weight excluding hydrogens is 255 g/mol. The molecule has 0 heterocycles. The highest BCUT2D eigenvalue weighted by Gasteiger charge is 2.18. The molecule has 0 bridgehead atoms. The largest absolute Gasteiger partial charge is 0.524 e. The Labute approximate surface area is 104 Å². The Hall–Kier alpha value is -1.81. The smallest absolute Gasteiger partial charge is 0.508 e. The normalized spacial score (nSPS) is 11.2. The number of phenolic OH excluding ortho intramolecular Hbond substituents is 1. The lowest BCUT2D eigenvalue weighted by Crippen LogP contribution is -1.92. The predicted molar refractivity (Wildman–Crippen MR) is 66.2 cm³/mol. The molecule has 0 aliphatic carbocycles. The molecule has 5 nitrogen and oxygen atoms in total. The third-order valence-electron chi connectivity index (χ3n) is 2.26. The molecule has 2 rings (SSSR count). The number of aromatic hydroxyl groups is 1. The lowest BCUT2D eigenvalue weighted by Gasteiger charge is -2.11. The number of phosphoric ester groups is 1. The van der Waals surface area contributed by atoms with E-state index in [4.69, 9.17) is 9.79 Å². The van der Waals surface area contributed by atoms with Gasteiger partial charge in [0.1, 0.15) is 11.5 Å². The number of hydrogen-bond acceptors (Lipinski definition) is 3. The average Bonchev–Trinajstić information content (AvgIpc) is 2.27. The van der Waals surface area contributed by atoms with Gasteiger partial charge >= 0.3 is 7.82 Å². The number of para-hydroxylation sites is 1. The first-order valence-electron chi connectivity index (χ1n) is 5.09. The van der Waals surface area contributed by atoms with E-state index in [-0.39, 0.29) is 11.5 Å². The van der Waals surface area contributed by atoms with Crippen LogP contribution in [0.2, 0.25) is 0 Å². The Kier molecular flexibility index (Phi) is 3.39. The van der Waals surface area contributed by atoms with Gasteiger partial charge in [-0.05, 0) is 23.8 Å². The second-order valence-corrected chi connectivity index (χ2v) is 4.79. The second-order valence-electron chi connectivity index (χ2n) is 3.63. The summed E-state index contributed by atoms with van der Waals surface area (Å²) < 4.78 is 15.5. The third-order valence-corrected chi connectivity index (χ3v) is 2.70. The molecule has 2 aromatic rings. The molecule has 0 fully saturated rings. The number of rotatable bonds is 3. The van der Waals surface area contributed by atoms with Crippen molar-refractivity contribution >= 4 is 7.82 Å². The van der Waals surface area contributed by atoms with Crippen LogP contribution in [0.15, 0.2) is 48.5 Å². The summed E-state index contributed by atoms with van der Waals surface area (Å²) in [5.74, 6) is 0.134. The van der Waals surface area contributed by atoms with E-state index < -0.39 is 7.82 Å². The summed E-state index contributed by atoms with van der Waals surface area (Å²) in [5.41, 5.74) is 1.11. The molecule has 0 aliphatic heterocycles. The lowest BCUT2D eigenvalue weighted by atomic mass is 10.0. The lowest BCUT2D eigenvalue weighted by molar-refractivity contribution is 0.283. The number of benzene rings is 2. The van der Waals surface area contributed by atoms with Gasteiger partial charge in [0.25, 0.3) is 0 Å². The first-order valence-corrected chi connectivity index (χ1v) is 6.62. The fourth-order valence-electron chi connectivity index (χ4n) is 1.59. The van der Waals surface area contributed by atoms with E-state index >= 15 is 0 Å². The van der Waals surface area contributed by atoms with E-state index in [0.29, 0.717) is 11.1 Å². The van der Waals surface area contributed by atoms with Gasteiger partial charge in [-0.15, -0.1) is 0 Å². The van der Waals surface area contributed by atoms with Crippen LogP contribution in [0.5, 0.6) is 11.5 Å². The second kappa shape index (κ2) is 4.82. The fourth-order valence-corrected chi connectivity index (χ4v) is 2.00. The molecule has 18 heavy (non-hydrogen) atoms. The number of hydrogen-bond donors (Lipinski definition) is 3. The molecule has 3 N–H and O–H groups in total. The zero-order chi connectivity index (χ0) is 13.2. The molecule has 0 aromatic heterocycles. The molecular formula is C12H11O5P. The Morgan fingerprint density at radius 1 is 1.00 bits per heavy atom. The Bertz CT molecular complexity index is 605. The van der Waals surface area contributed by atoms with Crippen molar-refractivity contribution in [2.75, 3.05) is 0 Å². The minimum atomic E-state index is -4.61. The molecule has 6 heteroatoms. The molecule has 0 saturated carbocycles. The highest BCUT2D eigenvalue weighted by Crippen LogP contribution is 2.42. The van der Waals surface area contributed by atoms with Crippen LogP contribution in [0.4, 0.5) is 0 Å². The average molecular weight is 266 g/mol. The standard InChI is InChI=1S/C12H11O5P/c13-10-5-3-4-9(8-10)11-6-1-2-7-12(11)17-18(14,15)16/h1-8,13H,(H2,14,15,16). The van der Waals surface area contributed by atoms with Gasteiger partial charge < -0.3 is 9.63 Å². The molecule has 0 atom stereocenters. The van der Waals surface area contributed by atoms with Gasteiger partial charge in [0.2, 0.25) is 0 Å². The van der Waals surface area contributed by atoms with Gasteiger partial charge in [-0.25, -0.2) is 4.57 Å². The van der Waals surface area contributed by atoms with Crippen LogP contribution in [0.3, 0.4) is 0 Å². The summed E-state index contributed by atoms with van der Waals surface area (Å²) >= 11 is 0. The summed E-state index contributed by atoms with van der Waals surface area (Å²) in [7, 11) is -4.61. The van der Waals surface area contributed by atoms with Crippen molar-refractivity contribution in [2.24, 2.45) is 0 Å². The Balaban J connectivity index is 2.48. The molecule has 0 amide bonds. The van der Waals surface area contributed by atoms with E-state index in [9.17, 15) is 9.67 Å². The summed E-state index contributed by atoms with van der Waals surface area (Å²) in [4.78, 5) is 17.7. The van der Waals surface area contributed by atoms with Gasteiger partial charge in [-0.2, -0.15) is 0 Å². The van der Waals surface area contributed by atoms with E-state index in [1.165, 1.54) is 18.2 Å². The van der Waals surface area contributed by atoms with E-state index in [0.717, 1.165) is 0 Å². The van der Waals surface area contributed by atoms with Crippen molar-refractivity contribution < 1.29 is 24.0 Å². The molecule has 0 unspecified atom stereocenters. The Morgan fingerprint density at radius 2 is 1.72 bits per heavy atom. The first kappa shape index (κ1) is 12.6. The highest BCUT2D eigenvalue weighted by molar-refractivity contribution is 7.46. The highest BCUT2D eigenvalue weighted by atomic mass is 31.2. The van der Waals surface area contributed by atoms with E-state index in [1.54, 1.807) is 30.3 Å². The third kappa shape index (κ3) is 3.11. The quantitative estimate of drug-likeness (QED) is 0.743. The van der Waals surface area contributed by atoms with Crippen LogP contribution in [0.1, 0.15) is 0 Å². The molecule has 0 radical (unpaired) electrons. The summed E-state index contributed by atoms with van der Waals surface area (Å²) in [5, 5.41) is 9.40. The topological polar surface area (TPSA) is 87.0 Å². The summed E-state index contributed by atoms with van der Waals surface area (Å²) in [6.07, 6.45) is 0. The summed E-state index contributed by atoms with van der Waals surface area (Å²) in [6.45, 7) is 0. The van der Waals surface area contributed by atoms with Crippen LogP contribution < -0.4 is 4.52 Å². The van der Waals surface area contributed by atoms with Crippen molar-refractivity contribution in [3.63, 3.8) is 0 Å². The SMILES string of the molecule is O=P(O)(O)Oc1ccccc1-c1cccc(O)c1. The van der Waals surface area contributed by atoms with Crippen LogP contribution in [0.25, 0.3) is 11.1 Å². The zero-order valence-electron chi connectivity index (χ0n) is 9.22. The molecule has 2 aromatic carbocycles. The van der Waals surface area contributed by atoms with Crippen LogP contribution >= 0.6 is 7.82 Å². The maximum Gasteiger partial charge on any atom is 0.524 e. The first-order chi connectivity index (χ1) is 8.46. The molecule has 0 saturated heterocycles. The maximum absolute atomic E-state index is 10.9. The molecule has 0 aliphatic rings. The van der Waals surface area contributed by atoms with Crippen LogP contribution in [-0.4, -0.2) is 14.9 Å². The van der Waals surface area contributed by atoms with E-state index in [1.807, 2.05) is 0 Å². The van der Waals surface area contributed by atoms with Gasteiger partial charge in [0.05, 0.1) is 0 Å². The molecule has 94 valence electrons. The fraction of sp³-hybridized carbons (Fsp3) is 0. The van der Waals surface area contributed by atoms with Crippen molar-refractivity contribution in [1.82, 2.24) is 0 Å². The van der Waals surface area contributed by atoms with Gasteiger partial charge in [0.15, 0.2) is 0 Å².